The molecule has 1 unspecified atom stereocenters. The van der Waals surface area contributed by atoms with Gasteiger partial charge in [0.25, 0.3) is 0 Å². The molecule has 0 fully saturated rings. The highest BCUT2D eigenvalue weighted by molar-refractivity contribution is 7.92. The number of nitrogens with zero attached hydrogens (tertiary/aromatic N) is 2. The van der Waals surface area contributed by atoms with Gasteiger partial charge < -0.3 is 9.87 Å². The van der Waals surface area contributed by atoms with Crippen molar-refractivity contribution >= 4 is 33.6 Å². The third-order valence-corrected chi connectivity index (χ3v) is 5.78. The highest BCUT2D eigenvalue weighted by Crippen LogP contribution is 2.31. The van der Waals surface area contributed by atoms with Crippen molar-refractivity contribution in [2.75, 3.05) is 5.32 Å². The van der Waals surface area contributed by atoms with E-state index in [1.807, 2.05) is 58.9 Å². The van der Waals surface area contributed by atoms with Crippen LogP contribution in [0.3, 0.4) is 0 Å². The first-order valence-electron chi connectivity index (χ1n) is 7.86. The van der Waals surface area contributed by atoms with Crippen molar-refractivity contribution < 1.29 is 4.55 Å². The summed E-state index contributed by atoms with van der Waals surface area (Å²) in [5.74, 6) is 0.794. The van der Waals surface area contributed by atoms with Gasteiger partial charge in [-0.25, -0.2) is 0 Å². The van der Waals surface area contributed by atoms with Gasteiger partial charge in [0.2, 0.25) is 0 Å². The Morgan fingerprint density at radius 2 is 1.92 bits per heavy atom. The van der Waals surface area contributed by atoms with E-state index >= 15 is 0 Å². The summed E-state index contributed by atoms with van der Waals surface area (Å²) >= 11 is -1.09. The lowest BCUT2D eigenvalue weighted by atomic mass is 10.2. The average molecular weight is 342 g/mol. The molecule has 0 amide bonds. The Hall–Kier alpha value is -2.05. The molecule has 6 heteroatoms. The van der Waals surface area contributed by atoms with Crippen molar-refractivity contribution in [3.8, 4) is 0 Å². The van der Waals surface area contributed by atoms with Crippen LogP contribution in [0.1, 0.15) is 32.0 Å². The molecule has 1 aromatic carbocycles. The molecule has 2 heterocycles. The molecule has 0 saturated carbocycles. The number of pyridine rings is 1. The minimum absolute atomic E-state index is 0.306. The fourth-order valence-electron chi connectivity index (χ4n) is 2.44. The molecule has 0 spiro atoms. The second-order valence-corrected chi connectivity index (χ2v) is 9.10. The molecule has 0 bridgehead atoms. The Balaban J connectivity index is 2.06. The number of aromatic nitrogens is 3. The zero-order chi connectivity index (χ0) is 17.5. The predicted molar refractivity (Wildman–Crippen MR) is 99.2 cm³/mol. The van der Waals surface area contributed by atoms with E-state index in [4.69, 9.17) is 0 Å². The van der Waals surface area contributed by atoms with E-state index in [-0.39, 0.29) is 4.75 Å². The molecule has 24 heavy (non-hydrogen) atoms. The summed E-state index contributed by atoms with van der Waals surface area (Å²) in [6, 6.07) is 7.68. The molecule has 0 aliphatic heterocycles. The Labute approximate surface area is 145 Å². The van der Waals surface area contributed by atoms with Crippen LogP contribution in [0.2, 0.25) is 0 Å². The summed E-state index contributed by atoms with van der Waals surface area (Å²) < 4.78 is 12.4. The van der Waals surface area contributed by atoms with Gasteiger partial charge in [-0.05, 0) is 64.0 Å². The summed E-state index contributed by atoms with van der Waals surface area (Å²) in [5, 5.41) is 11.6. The van der Waals surface area contributed by atoms with Crippen LogP contribution in [0.15, 0.2) is 35.4 Å². The van der Waals surface area contributed by atoms with Gasteiger partial charge in [-0.3, -0.25) is 10.1 Å². The number of aromatic amines is 1. The van der Waals surface area contributed by atoms with Gasteiger partial charge in [0.1, 0.15) is 4.75 Å². The minimum atomic E-state index is -1.09. The van der Waals surface area contributed by atoms with Crippen LogP contribution in [0.4, 0.5) is 11.5 Å². The van der Waals surface area contributed by atoms with Crippen molar-refractivity contribution in [3.05, 3.63) is 41.7 Å². The van der Waals surface area contributed by atoms with Crippen molar-refractivity contribution in [1.82, 2.24) is 15.2 Å². The average Bonchev–Trinajstić information content (AvgIpc) is 2.85. The smallest absolute Gasteiger partial charge is 0.155 e. The number of aryl methyl sites for hydroxylation is 1. The summed E-state index contributed by atoms with van der Waals surface area (Å²) in [5.41, 5.74) is 3.88. The van der Waals surface area contributed by atoms with Crippen LogP contribution in [0.25, 0.3) is 10.9 Å². The topological polar surface area (TPSA) is 76.7 Å². The molecule has 5 nitrogen and oxygen atoms in total. The van der Waals surface area contributed by atoms with E-state index in [1.54, 1.807) is 6.20 Å². The monoisotopic (exact) mass is 342 g/mol. The molecule has 0 aliphatic carbocycles. The number of benzene rings is 1. The summed E-state index contributed by atoms with van der Waals surface area (Å²) in [6.07, 6.45) is 1.76. The number of fused-ring (bicyclic) bond motifs is 1. The number of hydrogen-bond acceptors (Lipinski definition) is 4. The van der Waals surface area contributed by atoms with Gasteiger partial charge in [0, 0.05) is 28.9 Å². The lowest BCUT2D eigenvalue weighted by Crippen LogP contribution is -2.27. The highest BCUT2D eigenvalue weighted by atomic mass is 32.2. The molecule has 0 aliphatic rings. The van der Waals surface area contributed by atoms with Crippen molar-refractivity contribution in [2.24, 2.45) is 0 Å². The van der Waals surface area contributed by atoms with Crippen LogP contribution in [-0.4, -0.2) is 24.5 Å². The molecule has 0 saturated heterocycles. The van der Waals surface area contributed by atoms with Crippen LogP contribution in [0, 0.1) is 13.8 Å². The van der Waals surface area contributed by atoms with Crippen molar-refractivity contribution in [1.29, 1.82) is 0 Å². The maximum atomic E-state index is 12.7. The molecular formula is C18H22N4OS. The minimum Gasteiger partial charge on any atom is -0.611 e. The van der Waals surface area contributed by atoms with Gasteiger partial charge in [0.15, 0.2) is 10.7 Å². The molecular weight excluding hydrogens is 320 g/mol. The fraction of sp³-hybridized carbons (Fsp3) is 0.333. The Bertz CT molecular complexity index is 882. The van der Waals surface area contributed by atoms with Crippen LogP contribution in [-0.2, 0) is 11.2 Å². The zero-order valence-electron chi connectivity index (χ0n) is 14.6. The lowest BCUT2D eigenvalue weighted by Gasteiger charge is -2.24. The summed E-state index contributed by atoms with van der Waals surface area (Å²) in [7, 11) is 0. The maximum absolute atomic E-state index is 12.7. The molecule has 1 atom stereocenters. The molecule has 2 N–H and O–H groups in total. The molecule has 2 aromatic heterocycles. The first-order chi connectivity index (χ1) is 11.3. The molecule has 3 rings (SSSR count). The largest absolute Gasteiger partial charge is 0.611 e. The summed E-state index contributed by atoms with van der Waals surface area (Å²) in [4.78, 5) is 5.21. The highest BCUT2D eigenvalue weighted by Gasteiger charge is 2.28. The number of anilines is 2. The van der Waals surface area contributed by atoms with Crippen molar-refractivity contribution in [2.45, 2.75) is 44.3 Å². The Morgan fingerprint density at radius 3 is 2.54 bits per heavy atom. The Kier molecular flexibility index (Phi) is 4.27. The van der Waals surface area contributed by atoms with E-state index in [2.05, 4.69) is 20.5 Å². The van der Waals surface area contributed by atoms with Gasteiger partial charge in [-0.1, -0.05) is 0 Å². The molecule has 3 aromatic rings. The predicted octanol–water partition coefficient (Wildman–Crippen LogP) is 4.22. The van der Waals surface area contributed by atoms with Crippen LogP contribution >= 0.6 is 0 Å². The lowest BCUT2D eigenvalue weighted by molar-refractivity contribution is 0.559. The second-order valence-electron chi connectivity index (χ2n) is 6.87. The van der Waals surface area contributed by atoms with E-state index in [1.165, 1.54) is 0 Å². The van der Waals surface area contributed by atoms with E-state index in [0.29, 0.717) is 0 Å². The zero-order valence-corrected chi connectivity index (χ0v) is 15.4. The number of hydrogen-bond donors (Lipinski definition) is 2. The van der Waals surface area contributed by atoms with E-state index in [0.717, 1.165) is 38.6 Å². The SMILES string of the molecule is Cc1[nH]nc(Nc2ccnc3ccc([S+]([O-])C(C)(C)C)cc23)c1C. The van der Waals surface area contributed by atoms with Gasteiger partial charge >= 0.3 is 0 Å². The van der Waals surface area contributed by atoms with Crippen LogP contribution in [0.5, 0.6) is 0 Å². The number of rotatable bonds is 3. The third-order valence-electron chi connectivity index (χ3n) is 3.99. The molecule has 0 radical (unpaired) electrons. The number of nitrogens with one attached hydrogen (secondary N) is 2. The van der Waals surface area contributed by atoms with Crippen LogP contribution < -0.4 is 5.32 Å². The maximum Gasteiger partial charge on any atom is 0.155 e. The molecule has 126 valence electrons. The van der Waals surface area contributed by atoms with Crippen molar-refractivity contribution in [3.63, 3.8) is 0 Å². The van der Waals surface area contributed by atoms with E-state index < -0.39 is 11.2 Å². The fourth-order valence-corrected chi connectivity index (χ4v) is 3.56. The van der Waals surface area contributed by atoms with Gasteiger partial charge in [-0.2, -0.15) is 5.10 Å². The summed E-state index contributed by atoms with van der Waals surface area (Å²) in [6.45, 7) is 9.94. The van der Waals surface area contributed by atoms with E-state index in [9.17, 15) is 4.55 Å². The second kappa shape index (κ2) is 6.11. The first kappa shape index (κ1) is 16.8. The van der Waals surface area contributed by atoms with Gasteiger partial charge in [-0.15, -0.1) is 0 Å². The number of H-pyrrole nitrogens is 1. The standard InChI is InChI=1S/C18H22N4OS/c1-11-12(2)21-22-17(11)20-16-8-9-19-15-7-6-13(10-14(15)16)24(23)18(3,4)5/h6-10H,1-5H3,(H2,19,20,21,22). The normalized spacial score (nSPS) is 13.2. The Morgan fingerprint density at radius 1 is 1.17 bits per heavy atom. The first-order valence-corrected chi connectivity index (χ1v) is 9.01. The third kappa shape index (κ3) is 3.12. The van der Waals surface area contributed by atoms with Gasteiger partial charge in [0.05, 0.1) is 11.2 Å². The quantitative estimate of drug-likeness (QED) is 0.699.